The smallest absolute Gasteiger partial charge is 0.309 e. The summed E-state index contributed by atoms with van der Waals surface area (Å²) in [5, 5.41) is 24.0. The van der Waals surface area contributed by atoms with Crippen LogP contribution < -0.4 is 0 Å². The molecule has 2 N–H and O–H groups in total. The second-order valence-electron chi connectivity index (χ2n) is 13.3. The van der Waals surface area contributed by atoms with Gasteiger partial charge in [-0.05, 0) is 55.9 Å². The van der Waals surface area contributed by atoms with E-state index in [2.05, 4.69) is 6.58 Å². The van der Waals surface area contributed by atoms with Crippen LogP contribution >= 0.6 is 0 Å². The first kappa shape index (κ1) is 27.5. The van der Waals surface area contributed by atoms with Gasteiger partial charge in [-0.3, -0.25) is 14.4 Å². The van der Waals surface area contributed by atoms with Crippen LogP contribution in [0.4, 0.5) is 0 Å². The van der Waals surface area contributed by atoms with E-state index in [-0.39, 0.29) is 56.1 Å². The van der Waals surface area contributed by atoms with Crippen LogP contribution in [-0.2, 0) is 33.9 Å². The van der Waals surface area contributed by atoms with E-state index in [1.165, 1.54) is 4.31 Å². The van der Waals surface area contributed by atoms with E-state index in [4.69, 9.17) is 9.47 Å². The summed E-state index contributed by atoms with van der Waals surface area (Å²) in [7, 11) is -3.37. The lowest BCUT2D eigenvalue weighted by molar-refractivity contribution is -0.437. The van der Waals surface area contributed by atoms with Gasteiger partial charge in [-0.15, -0.1) is 0 Å². The van der Waals surface area contributed by atoms with Crippen molar-refractivity contribution in [2.75, 3.05) is 25.4 Å². The lowest BCUT2D eigenvalue weighted by atomic mass is 9.36. The van der Waals surface area contributed by atoms with Crippen molar-refractivity contribution in [3.05, 3.63) is 12.2 Å². The van der Waals surface area contributed by atoms with Crippen LogP contribution in [0.1, 0.15) is 59.3 Å². The van der Waals surface area contributed by atoms with Crippen molar-refractivity contribution in [1.82, 2.24) is 4.31 Å². The van der Waals surface area contributed by atoms with Crippen molar-refractivity contribution < 1.29 is 42.5 Å². The first-order valence-electron chi connectivity index (χ1n) is 14.2. The molecule has 0 aromatic heterocycles. The zero-order chi connectivity index (χ0) is 28.3. The first-order chi connectivity index (χ1) is 18.2. The average molecular weight is 566 g/mol. The molecular formula is C28H39NO9S. The van der Waals surface area contributed by atoms with Gasteiger partial charge in [0.2, 0.25) is 15.8 Å². The summed E-state index contributed by atoms with van der Waals surface area (Å²) in [6.45, 7) is 9.87. The first-order valence-corrected chi connectivity index (χ1v) is 15.8. The number of nitrogens with zero attached hydrogens (tertiary/aromatic N) is 1. The van der Waals surface area contributed by atoms with Crippen LogP contribution in [0.3, 0.4) is 0 Å². The van der Waals surface area contributed by atoms with E-state index in [1.807, 2.05) is 13.8 Å². The third kappa shape index (κ3) is 3.17. The molecule has 0 unspecified atom stereocenters. The van der Waals surface area contributed by atoms with E-state index in [0.29, 0.717) is 19.3 Å². The fraction of sp³-hybridized carbons (Fsp3) is 0.821. The van der Waals surface area contributed by atoms with Gasteiger partial charge >= 0.3 is 5.97 Å². The highest BCUT2D eigenvalue weighted by Gasteiger charge is 2.88. The van der Waals surface area contributed by atoms with Crippen molar-refractivity contribution in [2.24, 2.45) is 39.9 Å². The van der Waals surface area contributed by atoms with Gasteiger partial charge in [0.1, 0.15) is 23.4 Å². The molecule has 7 rings (SSSR count). The summed E-state index contributed by atoms with van der Waals surface area (Å²) in [4.78, 5) is 41.5. The Morgan fingerprint density at radius 2 is 1.85 bits per heavy atom. The zero-order valence-corrected chi connectivity index (χ0v) is 23.7. The van der Waals surface area contributed by atoms with Gasteiger partial charge in [0.25, 0.3) is 0 Å². The number of hydrogen-bond acceptors (Lipinski definition) is 9. The topological polar surface area (TPSA) is 148 Å². The highest BCUT2D eigenvalue weighted by atomic mass is 32.2. The van der Waals surface area contributed by atoms with Crippen LogP contribution in [0.2, 0.25) is 0 Å². The molecule has 0 aromatic rings. The molecular weight excluding hydrogens is 526 g/mol. The molecule has 11 heteroatoms. The Morgan fingerprint density at radius 1 is 1.18 bits per heavy atom. The van der Waals surface area contributed by atoms with Gasteiger partial charge in [0.05, 0.1) is 23.7 Å². The van der Waals surface area contributed by atoms with Crippen molar-refractivity contribution >= 4 is 27.6 Å². The molecule has 0 amide bonds. The highest BCUT2D eigenvalue weighted by Crippen LogP contribution is 2.76. The zero-order valence-electron chi connectivity index (χ0n) is 22.8. The molecule has 7 aliphatic rings. The minimum atomic E-state index is -3.37. The Hall–Kier alpha value is -1.66. The number of carbonyl (C=O) groups is 3. The third-order valence-corrected chi connectivity index (χ3v) is 13.3. The average Bonchev–Trinajstić information content (AvgIpc) is 3.01. The van der Waals surface area contributed by atoms with Gasteiger partial charge in [-0.25, -0.2) is 12.7 Å². The predicted octanol–water partition coefficient (Wildman–Crippen LogP) is 1.20. The van der Waals surface area contributed by atoms with E-state index < -0.39 is 79.7 Å². The number of ether oxygens (including phenoxy) is 2. The quantitative estimate of drug-likeness (QED) is 0.379. The maximum absolute atomic E-state index is 14.2. The second kappa shape index (κ2) is 8.44. The second-order valence-corrected chi connectivity index (χ2v) is 15.5. The summed E-state index contributed by atoms with van der Waals surface area (Å²) in [6.07, 6.45) is -0.335. The molecule has 4 saturated carbocycles. The van der Waals surface area contributed by atoms with Crippen LogP contribution in [0.25, 0.3) is 0 Å². The van der Waals surface area contributed by atoms with Crippen molar-refractivity contribution in [3.63, 3.8) is 0 Å². The molecule has 0 radical (unpaired) electrons. The minimum Gasteiger partial charge on any atom is -0.460 e. The van der Waals surface area contributed by atoms with Crippen LogP contribution in [0.5, 0.6) is 0 Å². The molecule has 216 valence electrons. The van der Waals surface area contributed by atoms with Crippen LogP contribution in [-0.4, -0.2) is 83.9 Å². The van der Waals surface area contributed by atoms with Crippen molar-refractivity contribution in [2.45, 2.75) is 77.3 Å². The summed E-state index contributed by atoms with van der Waals surface area (Å²) in [6, 6.07) is 0. The molecule has 8 atom stereocenters. The highest BCUT2D eigenvalue weighted by molar-refractivity contribution is 7.89. The molecule has 4 bridgehead atoms. The molecule has 39 heavy (non-hydrogen) atoms. The number of rotatable bonds is 4. The molecule has 0 aromatic carbocycles. The number of Topliss-reactive ketones (excluding diaryl/α,β-unsaturated/α-hetero) is 2. The number of aliphatic hydroxyl groups excluding tert-OH is 1. The van der Waals surface area contributed by atoms with Crippen molar-refractivity contribution in [1.29, 1.82) is 0 Å². The number of carbonyl (C=O) groups excluding carboxylic acids is 3. The number of aliphatic hydroxyl groups is 2. The Labute approximate surface area is 229 Å². The third-order valence-electron chi connectivity index (χ3n) is 11.4. The van der Waals surface area contributed by atoms with Gasteiger partial charge < -0.3 is 19.7 Å². The Bertz CT molecular complexity index is 1250. The summed E-state index contributed by atoms with van der Waals surface area (Å²) < 4.78 is 38.0. The van der Waals surface area contributed by atoms with Crippen molar-refractivity contribution in [3.8, 4) is 0 Å². The lowest BCUT2D eigenvalue weighted by Crippen LogP contribution is -2.85. The molecule has 3 heterocycles. The van der Waals surface area contributed by atoms with Gasteiger partial charge in [-0.1, -0.05) is 20.4 Å². The van der Waals surface area contributed by atoms with E-state index in [1.54, 1.807) is 6.92 Å². The van der Waals surface area contributed by atoms with Crippen LogP contribution in [0.15, 0.2) is 12.2 Å². The number of hydrogen-bond donors (Lipinski definition) is 2. The SMILES string of the molecule is C=C1C(=O)[C@]23[C@H](OC(=O)C4CCN(S(=O)(=O)CC)CC4)[C@H]1CC[C@H]2[C@@]12CO[C@@]3(O)[C@@H](O)[C@@H]1C(C)(C)CCC2=O. The maximum Gasteiger partial charge on any atom is 0.309 e. The number of ketones is 2. The Morgan fingerprint density at radius 3 is 2.49 bits per heavy atom. The predicted molar refractivity (Wildman–Crippen MR) is 137 cm³/mol. The number of piperidine rings is 1. The molecule has 10 nitrogen and oxygen atoms in total. The van der Waals surface area contributed by atoms with E-state index >= 15 is 0 Å². The number of fused-ring (bicyclic) bond motifs is 2. The van der Waals surface area contributed by atoms with Gasteiger partial charge in [0, 0.05) is 31.3 Å². The standard InChI is InChI=1S/C28H39NO9S/c1-5-39(35,36)29-12-9-16(10-13-29)24(33)38-23-17-6-7-18-26-14-37-28(34,27(18,23)21(31)15(17)2)22(32)20(26)25(3,4)11-8-19(26)30/h16-18,20,22-23,32,34H,2,5-14H2,1,3-4H3/t17-,18-,20+,22-,23+,26+,27-,28-/m0/s1. The normalized spacial score (nSPS) is 45.7. The Kier molecular flexibility index (Phi) is 5.95. The molecule has 3 saturated heterocycles. The maximum atomic E-state index is 14.2. The van der Waals surface area contributed by atoms with Gasteiger partial charge in [0.15, 0.2) is 5.78 Å². The molecule has 4 aliphatic carbocycles. The van der Waals surface area contributed by atoms with E-state index in [9.17, 15) is 33.0 Å². The molecule has 3 aliphatic heterocycles. The number of esters is 1. The summed E-state index contributed by atoms with van der Waals surface area (Å²) in [5.74, 6) is -5.89. The van der Waals surface area contributed by atoms with Gasteiger partial charge in [-0.2, -0.15) is 0 Å². The fourth-order valence-electron chi connectivity index (χ4n) is 9.54. The monoisotopic (exact) mass is 565 g/mol. The molecule has 2 spiro atoms. The largest absolute Gasteiger partial charge is 0.460 e. The van der Waals surface area contributed by atoms with Crippen LogP contribution in [0, 0.1) is 39.9 Å². The minimum absolute atomic E-state index is 0.0147. The summed E-state index contributed by atoms with van der Waals surface area (Å²) >= 11 is 0. The lowest BCUT2D eigenvalue weighted by Gasteiger charge is -2.73. The fourth-order valence-corrected chi connectivity index (χ4v) is 10.7. The number of sulfonamides is 1. The Balaban J connectivity index is 1.38. The van der Waals surface area contributed by atoms with E-state index in [0.717, 1.165) is 0 Å². The molecule has 7 fully saturated rings. The summed E-state index contributed by atoms with van der Waals surface area (Å²) in [5.41, 5.74) is -3.26.